The number of carboxylic acid groups (broad SMARTS) is 1. The average Bonchev–Trinajstić information content (AvgIpc) is 1.95. The zero-order valence-electron chi connectivity index (χ0n) is 7.72. The number of thioether (sulfide) groups is 1. The fourth-order valence-electron chi connectivity index (χ4n) is 0.714. The molecule has 0 aromatic carbocycles. The maximum absolute atomic E-state index is 12.3. The molecule has 13 heavy (non-hydrogen) atoms. The van der Waals surface area contributed by atoms with Crippen molar-refractivity contribution in [1.82, 2.24) is 0 Å². The molecule has 78 valence electrons. The van der Waals surface area contributed by atoms with Crippen LogP contribution in [0.3, 0.4) is 0 Å². The van der Waals surface area contributed by atoms with E-state index in [4.69, 9.17) is 5.11 Å². The molecular weight excluding hydrogens is 198 g/mol. The standard InChI is InChI=1S/C8H14F2O2S/c1-6(7(11)12)13-5-3-4-8(2,9)10/h6H,3-5H2,1-2H3,(H,11,12). The number of hydrogen-bond acceptors (Lipinski definition) is 2. The van der Waals surface area contributed by atoms with Crippen LogP contribution in [0.2, 0.25) is 0 Å². The molecule has 0 bridgehead atoms. The quantitative estimate of drug-likeness (QED) is 0.688. The highest BCUT2D eigenvalue weighted by Gasteiger charge is 2.20. The van der Waals surface area contributed by atoms with Gasteiger partial charge in [0.05, 0.1) is 5.25 Å². The minimum Gasteiger partial charge on any atom is -0.480 e. The lowest BCUT2D eigenvalue weighted by molar-refractivity contribution is -0.136. The molecule has 0 aliphatic rings. The molecule has 0 rings (SSSR count). The molecule has 5 heteroatoms. The van der Waals surface area contributed by atoms with Crippen LogP contribution >= 0.6 is 11.8 Å². The number of aliphatic carboxylic acids is 1. The van der Waals surface area contributed by atoms with E-state index < -0.39 is 17.1 Å². The van der Waals surface area contributed by atoms with Crippen LogP contribution in [0.1, 0.15) is 26.7 Å². The SMILES string of the molecule is CC(SCCCC(C)(F)F)C(=O)O. The third-order valence-electron chi connectivity index (χ3n) is 1.48. The lowest BCUT2D eigenvalue weighted by atomic mass is 10.2. The Balaban J connectivity index is 3.41. The molecule has 0 aromatic heterocycles. The predicted molar refractivity (Wildman–Crippen MR) is 49.4 cm³/mol. The number of carbonyl (C=O) groups is 1. The molecule has 1 atom stereocenters. The zero-order chi connectivity index (χ0) is 10.5. The minimum atomic E-state index is -2.63. The van der Waals surface area contributed by atoms with Gasteiger partial charge in [-0.05, 0) is 26.0 Å². The first-order chi connectivity index (χ1) is 5.83. The molecule has 0 amide bonds. The Morgan fingerprint density at radius 1 is 1.62 bits per heavy atom. The molecule has 0 saturated heterocycles. The van der Waals surface area contributed by atoms with Crippen molar-refractivity contribution < 1.29 is 18.7 Å². The lowest BCUT2D eigenvalue weighted by Gasteiger charge is -2.10. The Labute approximate surface area is 80.7 Å². The first-order valence-electron chi connectivity index (χ1n) is 4.05. The molecule has 0 fully saturated rings. The van der Waals surface area contributed by atoms with E-state index in [0.717, 1.165) is 6.92 Å². The smallest absolute Gasteiger partial charge is 0.316 e. The van der Waals surface area contributed by atoms with Gasteiger partial charge in [-0.3, -0.25) is 4.79 Å². The molecule has 0 aliphatic carbocycles. The van der Waals surface area contributed by atoms with Crippen LogP contribution in [-0.2, 0) is 4.79 Å². The molecule has 0 heterocycles. The number of carboxylic acids is 1. The summed E-state index contributed by atoms with van der Waals surface area (Å²) in [6.07, 6.45) is 0.179. The summed E-state index contributed by atoms with van der Waals surface area (Å²) in [7, 11) is 0. The van der Waals surface area contributed by atoms with Gasteiger partial charge < -0.3 is 5.11 Å². The molecule has 2 nitrogen and oxygen atoms in total. The number of halogens is 2. The fraction of sp³-hybridized carbons (Fsp3) is 0.875. The van der Waals surface area contributed by atoms with E-state index in [9.17, 15) is 13.6 Å². The maximum atomic E-state index is 12.3. The van der Waals surface area contributed by atoms with Crippen LogP contribution in [0, 0.1) is 0 Å². The summed E-state index contributed by atoms with van der Waals surface area (Å²) in [5.41, 5.74) is 0. The van der Waals surface area contributed by atoms with Crippen LogP contribution in [0.25, 0.3) is 0 Å². The lowest BCUT2D eigenvalue weighted by Crippen LogP contribution is -2.13. The van der Waals surface area contributed by atoms with Crippen LogP contribution in [0.4, 0.5) is 8.78 Å². The second-order valence-electron chi connectivity index (χ2n) is 3.03. The van der Waals surface area contributed by atoms with Gasteiger partial charge in [0.2, 0.25) is 5.92 Å². The second-order valence-corrected chi connectivity index (χ2v) is 4.47. The normalized spacial score (nSPS) is 14.2. The monoisotopic (exact) mass is 212 g/mol. The van der Waals surface area contributed by atoms with E-state index in [1.165, 1.54) is 11.8 Å². The van der Waals surface area contributed by atoms with Gasteiger partial charge in [0.1, 0.15) is 0 Å². The molecule has 0 radical (unpaired) electrons. The molecule has 1 unspecified atom stereocenters. The summed E-state index contributed by atoms with van der Waals surface area (Å²) in [5.74, 6) is -3.06. The highest BCUT2D eigenvalue weighted by Crippen LogP contribution is 2.21. The summed E-state index contributed by atoms with van der Waals surface area (Å²) < 4.78 is 24.6. The summed E-state index contributed by atoms with van der Waals surface area (Å²) in [6, 6.07) is 0. The highest BCUT2D eigenvalue weighted by molar-refractivity contribution is 8.00. The molecule has 0 aliphatic heterocycles. The van der Waals surface area contributed by atoms with E-state index in [1.807, 2.05) is 0 Å². The van der Waals surface area contributed by atoms with Crippen LogP contribution in [0.15, 0.2) is 0 Å². The summed E-state index contributed by atoms with van der Waals surface area (Å²) in [6.45, 7) is 2.43. The Kier molecular flexibility index (Phi) is 5.29. The average molecular weight is 212 g/mol. The van der Waals surface area contributed by atoms with E-state index >= 15 is 0 Å². The molecule has 0 saturated carbocycles. The van der Waals surface area contributed by atoms with Crippen molar-refractivity contribution in [3.63, 3.8) is 0 Å². The fourth-order valence-corrected chi connectivity index (χ4v) is 1.52. The van der Waals surface area contributed by atoms with Crippen LogP contribution < -0.4 is 0 Å². The third kappa shape index (κ3) is 8.02. The Morgan fingerprint density at radius 2 is 2.15 bits per heavy atom. The minimum absolute atomic E-state index is 0.174. The van der Waals surface area contributed by atoms with Crippen molar-refractivity contribution >= 4 is 17.7 Å². The van der Waals surface area contributed by atoms with Gasteiger partial charge in [0.25, 0.3) is 0 Å². The van der Waals surface area contributed by atoms with E-state index in [0.29, 0.717) is 12.2 Å². The van der Waals surface area contributed by atoms with Crippen LogP contribution in [-0.4, -0.2) is 28.0 Å². The van der Waals surface area contributed by atoms with Gasteiger partial charge in [0, 0.05) is 6.42 Å². The Bertz CT molecular complexity index is 168. The first kappa shape index (κ1) is 12.7. The predicted octanol–water partition coefficient (Wildman–Crippen LogP) is 2.63. The summed E-state index contributed by atoms with van der Waals surface area (Å²) in [4.78, 5) is 10.3. The van der Waals surface area contributed by atoms with Crippen molar-refractivity contribution in [2.75, 3.05) is 5.75 Å². The van der Waals surface area contributed by atoms with Gasteiger partial charge in [0.15, 0.2) is 0 Å². The largest absolute Gasteiger partial charge is 0.480 e. The number of rotatable bonds is 6. The maximum Gasteiger partial charge on any atom is 0.316 e. The van der Waals surface area contributed by atoms with E-state index in [2.05, 4.69) is 0 Å². The van der Waals surface area contributed by atoms with Gasteiger partial charge >= 0.3 is 5.97 Å². The van der Waals surface area contributed by atoms with Crippen LogP contribution in [0.5, 0.6) is 0 Å². The summed E-state index contributed by atoms with van der Waals surface area (Å²) >= 11 is 1.19. The third-order valence-corrected chi connectivity index (χ3v) is 2.70. The van der Waals surface area contributed by atoms with Crippen molar-refractivity contribution in [3.8, 4) is 0 Å². The zero-order valence-corrected chi connectivity index (χ0v) is 8.53. The van der Waals surface area contributed by atoms with E-state index in [1.54, 1.807) is 6.92 Å². The number of hydrogen-bond donors (Lipinski definition) is 1. The van der Waals surface area contributed by atoms with E-state index in [-0.39, 0.29) is 6.42 Å². The Hall–Kier alpha value is -0.320. The highest BCUT2D eigenvalue weighted by atomic mass is 32.2. The van der Waals surface area contributed by atoms with Crippen molar-refractivity contribution in [3.05, 3.63) is 0 Å². The van der Waals surface area contributed by atoms with Gasteiger partial charge in [-0.2, -0.15) is 0 Å². The summed E-state index contributed by atoms with van der Waals surface area (Å²) in [5, 5.41) is 7.96. The Morgan fingerprint density at radius 3 is 2.54 bits per heavy atom. The van der Waals surface area contributed by atoms with Crippen molar-refractivity contribution in [1.29, 1.82) is 0 Å². The molecule has 1 N–H and O–H groups in total. The molecular formula is C8H14F2O2S. The topological polar surface area (TPSA) is 37.3 Å². The molecule has 0 spiro atoms. The van der Waals surface area contributed by atoms with Gasteiger partial charge in [-0.1, -0.05) is 0 Å². The van der Waals surface area contributed by atoms with Crippen molar-refractivity contribution in [2.24, 2.45) is 0 Å². The molecule has 0 aromatic rings. The number of alkyl halides is 2. The first-order valence-corrected chi connectivity index (χ1v) is 5.10. The van der Waals surface area contributed by atoms with Gasteiger partial charge in [-0.15, -0.1) is 11.8 Å². The second kappa shape index (κ2) is 5.42. The van der Waals surface area contributed by atoms with Gasteiger partial charge in [-0.25, -0.2) is 8.78 Å². The van der Waals surface area contributed by atoms with Crippen molar-refractivity contribution in [2.45, 2.75) is 37.9 Å².